The minimum Gasteiger partial charge on any atom is -0.393 e. The van der Waals surface area contributed by atoms with E-state index in [0.717, 1.165) is 12.5 Å². The van der Waals surface area contributed by atoms with Crippen LogP contribution in [0, 0.1) is 17.6 Å². The monoisotopic (exact) mass is 226 g/mol. The average molecular weight is 226 g/mol. The highest BCUT2D eigenvalue weighted by atomic mass is 19.2. The van der Waals surface area contributed by atoms with E-state index in [1.807, 2.05) is 0 Å². The number of hydrogen-bond donors (Lipinski definition) is 1. The number of rotatable bonds is 4. The Morgan fingerprint density at radius 3 is 2.56 bits per heavy atom. The molecule has 3 heteroatoms. The van der Waals surface area contributed by atoms with Crippen molar-refractivity contribution in [3.05, 3.63) is 35.4 Å². The topological polar surface area (TPSA) is 20.2 Å². The van der Waals surface area contributed by atoms with Gasteiger partial charge in [0.2, 0.25) is 0 Å². The van der Waals surface area contributed by atoms with Crippen molar-refractivity contribution in [3.8, 4) is 0 Å². The van der Waals surface area contributed by atoms with Gasteiger partial charge in [-0.15, -0.1) is 0 Å². The Morgan fingerprint density at radius 2 is 2.00 bits per heavy atom. The van der Waals surface area contributed by atoms with Crippen LogP contribution in [0.4, 0.5) is 8.78 Å². The van der Waals surface area contributed by atoms with Crippen molar-refractivity contribution in [2.75, 3.05) is 0 Å². The Balaban J connectivity index is 1.89. The van der Waals surface area contributed by atoms with E-state index in [9.17, 15) is 13.9 Å². The lowest BCUT2D eigenvalue weighted by atomic mass is 9.80. The predicted octanol–water partition coefficient (Wildman–Crippen LogP) is 3.06. The molecule has 88 valence electrons. The van der Waals surface area contributed by atoms with Crippen LogP contribution in [0.2, 0.25) is 0 Å². The molecule has 0 spiro atoms. The van der Waals surface area contributed by atoms with Gasteiger partial charge in [-0.3, -0.25) is 0 Å². The zero-order valence-electron chi connectivity index (χ0n) is 9.13. The van der Waals surface area contributed by atoms with Gasteiger partial charge in [-0.25, -0.2) is 8.78 Å². The summed E-state index contributed by atoms with van der Waals surface area (Å²) in [5.41, 5.74) is 0.658. The molecule has 1 nitrogen and oxygen atoms in total. The third-order valence-corrected chi connectivity index (χ3v) is 3.29. The van der Waals surface area contributed by atoms with Gasteiger partial charge >= 0.3 is 0 Å². The maximum absolute atomic E-state index is 12.9. The Morgan fingerprint density at radius 1 is 1.25 bits per heavy atom. The molecule has 0 aromatic heterocycles. The van der Waals surface area contributed by atoms with Gasteiger partial charge in [0.1, 0.15) is 0 Å². The first-order valence-corrected chi connectivity index (χ1v) is 5.77. The van der Waals surface area contributed by atoms with Crippen LogP contribution >= 0.6 is 0 Å². The quantitative estimate of drug-likeness (QED) is 0.836. The molecule has 1 N–H and O–H groups in total. The van der Waals surface area contributed by atoms with Crippen LogP contribution in [0.5, 0.6) is 0 Å². The van der Waals surface area contributed by atoms with E-state index in [-0.39, 0.29) is 0 Å². The molecule has 0 radical (unpaired) electrons. The van der Waals surface area contributed by atoms with Crippen LogP contribution in [-0.2, 0) is 6.42 Å². The van der Waals surface area contributed by atoms with E-state index in [0.29, 0.717) is 17.9 Å². The molecule has 1 saturated carbocycles. The maximum Gasteiger partial charge on any atom is 0.159 e. The normalized spacial score (nSPS) is 18.2. The summed E-state index contributed by atoms with van der Waals surface area (Å²) in [5, 5.41) is 9.78. The fourth-order valence-electron chi connectivity index (χ4n) is 2.14. The molecule has 1 unspecified atom stereocenters. The molecule has 2 rings (SSSR count). The van der Waals surface area contributed by atoms with Gasteiger partial charge in [-0.2, -0.15) is 0 Å². The van der Waals surface area contributed by atoms with Gasteiger partial charge in [-0.05, 0) is 36.5 Å². The highest BCUT2D eigenvalue weighted by molar-refractivity contribution is 5.18. The van der Waals surface area contributed by atoms with Crippen molar-refractivity contribution in [1.82, 2.24) is 0 Å². The van der Waals surface area contributed by atoms with Crippen molar-refractivity contribution >= 4 is 0 Å². The molecule has 1 aliphatic carbocycles. The second-order valence-corrected chi connectivity index (χ2v) is 4.64. The van der Waals surface area contributed by atoms with Gasteiger partial charge < -0.3 is 5.11 Å². The average Bonchev–Trinajstić information content (AvgIpc) is 2.18. The molecule has 0 saturated heterocycles. The Kier molecular flexibility index (Phi) is 3.54. The maximum atomic E-state index is 12.9. The van der Waals surface area contributed by atoms with E-state index in [2.05, 4.69) is 0 Å². The van der Waals surface area contributed by atoms with Crippen LogP contribution in [0.1, 0.15) is 31.2 Å². The minimum atomic E-state index is -0.839. The molecule has 1 fully saturated rings. The van der Waals surface area contributed by atoms with Crippen molar-refractivity contribution in [3.63, 3.8) is 0 Å². The number of halogens is 2. The molecule has 1 aliphatic rings. The van der Waals surface area contributed by atoms with Crippen LogP contribution in [0.3, 0.4) is 0 Å². The number of aliphatic hydroxyl groups is 1. The lowest BCUT2D eigenvalue weighted by Crippen LogP contribution is -2.21. The van der Waals surface area contributed by atoms with Gasteiger partial charge in [0.25, 0.3) is 0 Å². The van der Waals surface area contributed by atoms with Crippen molar-refractivity contribution < 1.29 is 13.9 Å². The zero-order chi connectivity index (χ0) is 11.5. The lowest BCUT2D eigenvalue weighted by molar-refractivity contribution is 0.117. The van der Waals surface area contributed by atoms with Crippen molar-refractivity contribution in [2.24, 2.45) is 5.92 Å². The second-order valence-electron chi connectivity index (χ2n) is 4.64. The summed E-state index contributed by atoms with van der Waals surface area (Å²) in [4.78, 5) is 0. The Labute approximate surface area is 94.1 Å². The van der Waals surface area contributed by atoms with Crippen LogP contribution in [-0.4, -0.2) is 11.2 Å². The van der Waals surface area contributed by atoms with Crippen LogP contribution < -0.4 is 0 Å². The van der Waals surface area contributed by atoms with Gasteiger partial charge in [0.05, 0.1) is 6.10 Å². The Bertz CT molecular complexity index is 361. The smallest absolute Gasteiger partial charge is 0.159 e. The van der Waals surface area contributed by atoms with E-state index in [1.54, 1.807) is 0 Å². The number of hydrogen-bond acceptors (Lipinski definition) is 1. The summed E-state index contributed by atoms with van der Waals surface area (Å²) in [6.45, 7) is 0. The summed E-state index contributed by atoms with van der Waals surface area (Å²) >= 11 is 0. The molecule has 1 aromatic carbocycles. The van der Waals surface area contributed by atoms with E-state index in [1.165, 1.54) is 31.4 Å². The number of aliphatic hydroxyl groups excluding tert-OH is 1. The van der Waals surface area contributed by atoms with Crippen LogP contribution in [0.25, 0.3) is 0 Å². The summed E-state index contributed by atoms with van der Waals surface area (Å²) in [7, 11) is 0. The van der Waals surface area contributed by atoms with Crippen LogP contribution in [0.15, 0.2) is 18.2 Å². The lowest BCUT2D eigenvalue weighted by Gasteiger charge is -2.27. The Hall–Kier alpha value is -0.960. The first-order valence-electron chi connectivity index (χ1n) is 5.77. The SMILES string of the molecule is OC(Cc1ccc(F)c(F)c1)CC1CCC1. The predicted molar refractivity (Wildman–Crippen MR) is 58.0 cm³/mol. The largest absolute Gasteiger partial charge is 0.393 e. The minimum absolute atomic E-state index is 0.410. The van der Waals surface area contributed by atoms with E-state index < -0.39 is 17.7 Å². The molecule has 0 amide bonds. The standard InChI is InChI=1S/C13H16F2O/c14-12-5-4-10(8-13(12)15)7-11(16)6-9-2-1-3-9/h4-5,8-9,11,16H,1-3,6-7H2. The first kappa shape index (κ1) is 11.5. The summed E-state index contributed by atoms with van der Waals surface area (Å²) in [5.74, 6) is -1.05. The van der Waals surface area contributed by atoms with Crippen molar-refractivity contribution in [1.29, 1.82) is 0 Å². The first-order chi connectivity index (χ1) is 7.65. The molecule has 0 bridgehead atoms. The molecule has 1 atom stereocenters. The highest BCUT2D eigenvalue weighted by Crippen LogP contribution is 2.31. The summed E-state index contributed by atoms with van der Waals surface area (Å²) in [6.07, 6.45) is 4.38. The third kappa shape index (κ3) is 2.79. The fourth-order valence-corrected chi connectivity index (χ4v) is 2.14. The fraction of sp³-hybridized carbons (Fsp3) is 0.538. The third-order valence-electron chi connectivity index (χ3n) is 3.29. The second kappa shape index (κ2) is 4.91. The van der Waals surface area contributed by atoms with Gasteiger partial charge in [-0.1, -0.05) is 25.3 Å². The molecule has 0 heterocycles. The van der Waals surface area contributed by atoms with Gasteiger partial charge in [0.15, 0.2) is 11.6 Å². The summed E-state index contributed by atoms with van der Waals surface area (Å²) in [6, 6.07) is 3.81. The molecule has 1 aromatic rings. The zero-order valence-corrected chi connectivity index (χ0v) is 9.13. The summed E-state index contributed by atoms with van der Waals surface area (Å²) < 4.78 is 25.6. The van der Waals surface area contributed by atoms with Gasteiger partial charge in [0, 0.05) is 0 Å². The molecular formula is C13H16F2O. The van der Waals surface area contributed by atoms with Crippen molar-refractivity contribution in [2.45, 2.75) is 38.2 Å². The molecule has 0 aliphatic heterocycles. The highest BCUT2D eigenvalue weighted by Gasteiger charge is 2.21. The molecule has 16 heavy (non-hydrogen) atoms. The van der Waals surface area contributed by atoms with E-state index in [4.69, 9.17) is 0 Å². The molecular weight excluding hydrogens is 210 g/mol. The number of benzene rings is 1. The van der Waals surface area contributed by atoms with E-state index >= 15 is 0 Å².